The second kappa shape index (κ2) is 10.6. The number of nitrogens with one attached hydrogen (secondary N) is 1. The van der Waals surface area contributed by atoms with Crippen molar-refractivity contribution in [3.8, 4) is 10.6 Å². The van der Waals surface area contributed by atoms with Crippen LogP contribution in [0.1, 0.15) is 53.2 Å². The highest BCUT2D eigenvalue weighted by Gasteiger charge is 2.42. The third kappa shape index (κ3) is 5.35. The summed E-state index contributed by atoms with van der Waals surface area (Å²) in [7, 11) is 0. The minimum absolute atomic E-state index is 0.0516. The van der Waals surface area contributed by atoms with Gasteiger partial charge in [0.25, 0.3) is 5.91 Å². The number of carbonyl (C=O) groups excluding carboxylic acids is 1. The Morgan fingerprint density at radius 3 is 2.61 bits per heavy atom. The third-order valence-corrected chi connectivity index (χ3v) is 9.71. The van der Waals surface area contributed by atoms with Crippen LogP contribution in [0.5, 0.6) is 0 Å². The maximum atomic E-state index is 13.6. The number of likely N-dealkylation sites (tertiary alicyclic amines) is 1. The number of thiazole rings is 2. The zero-order chi connectivity index (χ0) is 26.3. The summed E-state index contributed by atoms with van der Waals surface area (Å²) >= 11 is 3.17. The Bertz CT molecular complexity index is 1270. The summed E-state index contributed by atoms with van der Waals surface area (Å²) in [5.74, 6) is 0.713. The molecule has 3 aromatic rings. The molecule has 202 valence electrons. The molecule has 3 saturated heterocycles. The largest absolute Gasteiger partial charge is 0.388 e. The Balaban J connectivity index is 1.10. The summed E-state index contributed by atoms with van der Waals surface area (Å²) in [6.45, 7) is 7.53. The topological polar surface area (TPSA) is 104 Å². The van der Waals surface area contributed by atoms with Crippen LogP contribution in [0.4, 0.5) is 10.9 Å². The number of aliphatic hydroxyl groups is 1. The van der Waals surface area contributed by atoms with E-state index in [0.29, 0.717) is 44.0 Å². The van der Waals surface area contributed by atoms with Crippen LogP contribution in [0, 0.1) is 13.8 Å². The van der Waals surface area contributed by atoms with E-state index in [2.05, 4.69) is 25.1 Å². The van der Waals surface area contributed by atoms with Crippen molar-refractivity contribution in [1.29, 1.82) is 0 Å². The van der Waals surface area contributed by atoms with Gasteiger partial charge >= 0.3 is 0 Å². The molecule has 2 N–H and O–H groups in total. The molecule has 2 atom stereocenters. The van der Waals surface area contributed by atoms with Crippen molar-refractivity contribution in [2.75, 3.05) is 38.2 Å². The molecule has 3 aliphatic heterocycles. The maximum absolute atomic E-state index is 13.6. The first-order valence-electron chi connectivity index (χ1n) is 13.3. The average Bonchev–Trinajstić information content (AvgIpc) is 3.48. The maximum Gasteiger partial charge on any atom is 0.256 e. The number of piperidine rings is 1. The predicted molar refractivity (Wildman–Crippen MR) is 149 cm³/mol. The van der Waals surface area contributed by atoms with Gasteiger partial charge in [-0.05, 0) is 45.2 Å². The van der Waals surface area contributed by atoms with Gasteiger partial charge in [0.2, 0.25) is 0 Å². The van der Waals surface area contributed by atoms with E-state index in [4.69, 9.17) is 9.72 Å². The molecule has 0 unspecified atom stereocenters. The lowest BCUT2D eigenvalue weighted by molar-refractivity contribution is -0.0939. The summed E-state index contributed by atoms with van der Waals surface area (Å²) < 4.78 is 5.45. The normalized spacial score (nSPS) is 23.4. The van der Waals surface area contributed by atoms with E-state index in [-0.39, 0.29) is 18.0 Å². The van der Waals surface area contributed by atoms with Crippen LogP contribution >= 0.6 is 22.7 Å². The number of hydrogen-bond donors (Lipinski definition) is 2. The Labute approximate surface area is 230 Å². The fraction of sp³-hybridized carbons (Fsp3) is 0.556. The van der Waals surface area contributed by atoms with E-state index in [9.17, 15) is 9.90 Å². The molecule has 11 heteroatoms. The summed E-state index contributed by atoms with van der Waals surface area (Å²) in [4.78, 5) is 32.9. The van der Waals surface area contributed by atoms with Gasteiger partial charge in [-0.2, -0.15) is 0 Å². The number of piperazine rings is 1. The van der Waals surface area contributed by atoms with Gasteiger partial charge in [-0.25, -0.2) is 15.0 Å². The second-order valence-electron chi connectivity index (χ2n) is 10.7. The van der Waals surface area contributed by atoms with E-state index in [1.807, 2.05) is 31.4 Å². The van der Waals surface area contributed by atoms with Gasteiger partial charge in [0.15, 0.2) is 5.13 Å². The molecule has 3 aliphatic rings. The zero-order valence-corrected chi connectivity index (χ0v) is 23.5. The first-order chi connectivity index (χ1) is 18.4. The SMILES string of the molecule is Cc1nc(C)c(-c2csc(Nc3ccc(C(=O)N4[C@@H]5CCC[C@H]4CN(CC4(O)CCOCC4)C5)cn3)n2)s1. The molecule has 9 nitrogen and oxygen atoms in total. The summed E-state index contributed by atoms with van der Waals surface area (Å²) in [6, 6.07) is 4.05. The van der Waals surface area contributed by atoms with Crippen LogP contribution in [0.3, 0.4) is 0 Å². The van der Waals surface area contributed by atoms with E-state index in [0.717, 1.165) is 58.8 Å². The Kier molecular flexibility index (Phi) is 7.21. The molecular weight excluding hydrogens is 520 g/mol. The highest BCUT2D eigenvalue weighted by atomic mass is 32.1. The van der Waals surface area contributed by atoms with Crippen molar-refractivity contribution in [2.45, 2.75) is 63.6 Å². The third-order valence-electron chi connectivity index (χ3n) is 7.86. The number of ether oxygens (including phenoxy) is 1. The van der Waals surface area contributed by atoms with Crippen molar-refractivity contribution >= 4 is 39.5 Å². The highest BCUT2D eigenvalue weighted by Crippen LogP contribution is 2.34. The Morgan fingerprint density at radius 2 is 1.95 bits per heavy atom. The number of β-amino-alcohol motifs (C(OH)–C–C–N with tert-alkyl or cyclic N) is 1. The molecule has 2 bridgehead atoms. The quantitative estimate of drug-likeness (QED) is 0.466. The van der Waals surface area contributed by atoms with Crippen molar-refractivity contribution in [2.24, 2.45) is 0 Å². The zero-order valence-electron chi connectivity index (χ0n) is 21.9. The van der Waals surface area contributed by atoms with Crippen LogP contribution < -0.4 is 5.32 Å². The lowest BCUT2D eigenvalue weighted by Crippen LogP contribution is -2.64. The molecule has 6 rings (SSSR count). The smallest absolute Gasteiger partial charge is 0.256 e. The minimum atomic E-state index is -0.678. The number of hydrogen-bond acceptors (Lipinski definition) is 10. The van der Waals surface area contributed by atoms with Gasteiger partial charge in [-0.15, -0.1) is 22.7 Å². The van der Waals surface area contributed by atoms with Crippen molar-refractivity contribution in [3.05, 3.63) is 40.0 Å². The standard InChI is InChI=1S/C27H34N6O3S2/c1-17-24(38-18(2)29-17)22-15-37-26(30-22)31-23-7-6-19(12-28-23)25(34)33-20-4-3-5-21(33)14-32(13-20)16-27(35)8-10-36-11-9-27/h6-7,12,15,20-21,35H,3-5,8-11,13-14,16H2,1-2H3,(H,28,30,31)/t20-,21+. The van der Waals surface area contributed by atoms with Gasteiger partial charge in [0.05, 0.1) is 32.4 Å². The fourth-order valence-electron chi connectivity index (χ4n) is 6.04. The Hall–Kier alpha value is -2.44. The van der Waals surface area contributed by atoms with Crippen molar-refractivity contribution in [1.82, 2.24) is 24.8 Å². The molecule has 0 radical (unpaired) electrons. The number of anilines is 2. The van der Waals surface area contributed by atoms with Gasteiger partial charge in [-0.1, -0.05) is 0 Å². The van der Waals surface area contributed by atoms with Crippen molar-refractivity contribution < 1.29 is 14.6 Å². The lowest BCUT2D eigenvalue weighted by Gasteiger charge is -2.51. The number of pyridine rings is 1. The Morgan fingerprint density at radius 1 is 1.18 bits per heavy atom. The molecule has 3 fully saturated rings. The van der Waals surface area contributed by atoms with Gasteiger partial charge in [0, 0.05) is 69.4 Å². The highest BCUT2D eigenvalue weighted by molar-refractivity contribution is 7.16. The van der Waals surface area contributed by atoms with E-state index < -0.39 is 5.60 Å². The summed E-state index contributed by atoms with van der Waals surface area (Å²) in [5, 5.41) is 18.1. The molecule has 0 aromatic carbocycles. The molecule has 6 heterocycles. The van der Waals surface area contributed by atoms with Crippen LogP contribution in [0.2, 0.25) is 0 Å². The number of aryl methyl sites for hydroxylation is 2. The number of carbonyl (C=O) groups is 1. The predicted octanol–water partition coefficient (Wildman–Crippen LogP) is 4.24. The lowest BCUT2D eigenvalue weighted by atomic mass is 9.88. The molecule has 0 saturated carbocycles. The molecule has 0 aliphatic carbocycles. The summed E-state index contributed by atoms with van der Waals surface area (Å²) in [5.41, 5.74) is 1.85. The van der Waals surface area contributed by atoms with Gasteiger partial charge < -0.3 is 20.1 Å². The average molecular weight is 555 g/mol. The van der Waals surface area contributed by atoms with Crippen LogP contribution in [0.15, 0.2) is 23.7 Å². The van der Waals surface area contributed by atoms with E-state index in [1.165, 1.54) is 11.3 Å². The number of amides is 1. The second-order valence-corrected chi connectivity index (χ2v) is 12.8. The van der Waals surface area contributed by atoms with Crippen LogP contribution in [-0.4, -0.2) is 86.3 Å². The molecule has 38 heavy (non-hydrogen) atoms. The van der Waals surface area contributed by atoms with Crippen molar-refractivity contribution in [3.63, 3.8) is 0 Å². The van der Waals surface area contributed by atoms with Crippen LogP contribution in [-0.2, 0) is 4.74 Å². The molecule has 0 spiro atoms. The number of nitrogens with zero attached hydrogens (tertiary/aromatic N) is 5. The van der Waals surface area contributed by atoms with Gasteiger partial charge in [-0.3, -0.25) is 9.69 Å². The monoisotopic (exact) mass is 554 g/mol. The van der Waals surface area contributed by atoms with Crippen LogP contribution in [0.25, 0.3) is 10.6 Å². The first kappa shape index (κ1) is 25.8. The number of fused-ring (bicyclic) bond motifs is 2. The molecule has 1 amide bonds. The number of aromatic nitrogens is 3. The minimum Gasteiger partial charge on any atom is -0.388 e. The van der Waals surface area contributed by atoms with Gasteiger partial charge in [0.1, 0.15) is 5.82 Å². The summed E-state index contributed by atoms with van der Waals surface area (Å²) in [6.07, 6.45) is 6.17. The first-order valence-corrected chi connectivity index (χ1v) is 15.0. The molecule has 3 aromatic heterocycles. The number of rotatable bonds is 6. The fourth-order valence-corrected chi connectivity index (χ4v) is 7.70. The molecular formula is C27H34N6O3S2. The van der Waals surface area contributed by atoms with E-state index in [1.54, 1.807) is 17.5 Å². The van der Waals surface area contributed by atoms with E-state index >= 15 is 0 Å².